The number of imidazole rings is 1. The van der Waals surface area contributed by atoms with Crippen molar-refractivity contribution in [3.05, 3.63) is 78.4 Å². The summed E-state index contributed by atoms with van der Waals surface area (Å²) in [7, 11) is 0. The zero-order valence-electron chi connectivity index (χ0n) is 12.9. The Hall–Kier alpha value is -3.01. The number of fused-ring (bicyclic) bond motifs is 1. The molecule has 0 aliphatic carbocycles. The molecule has 0 amide bonds. The third-order valence-electron chi connectivity index (χ3n) is 3.94. The van der Waals surface area contributed by atoms with Crippen LogP contribution in [0.25, 0.3) is 16.9 Å². The van der Waals surface area contributed by atoms with Gasteiger partial charge in [0.1, 0.15) is 17.2 Å². The molecule has 0 saturated heterocycles. The number of hydrogen-bond donors (Lipinski definition) is 1. The monoisotopic (exact) mass is 303 g/mol. The SMILES string of the molecule is Cc1cccc2nc(-c3ccoc3)c(NCc3ccccc3)n12. The molecule has 1 N–H and O–H groups in total. The molecule has 0 saturated carbocycles. The van der Waals surface area contributed by atoms with Crippen LogP contribution in [0.2, 0.25) is 0 Å². The summed E-state index contributed by atoms with van der Waals surface area (Å²) >= 11 is 0. The van der Waals surface area contributed by atoms with Gasteiger partial charge in [0.25, 0.3) is 0 Å². The molecule has 4 nitrogen and oxygen atoms in total. The molecule has 3 aromatic heterocycles. The summed E-state index contributed by atoms with van der Waals surface area (Å²) in [4.78, 5) is 4.77. The van der Waals surface area contributed by atoms with Gasteiger partial charge in [-0.05, 0) is 30.7 Å². The molecular formula is C19H17N3O. The standard InChI is InChI=1S/C19H17N3O/c1-14-6-5-9-17-21-18(16-10-11-23-13-16)19(22(14)17)20-12-15-7-3-2-4-8-15/h2-11,13,20H,12H2,1H3. The lowest BCUT2D eigenvalue weighted by Gasteiger charge is -2.10. The second-order valence-corrected chi connectivity index (χ2v) is 5.52. The Labute approximate surface area is 134 Å². The van der Waals surface area contributed by atoms with E-state index in [0.29, 0.717) is 0 Å². The summed E-state index contributed by atoms with van der Waals surface area (Å²) in [6, 6.07) is 18.4. The van der Waals surface area contributed by atoms with Crippen molar-refractivity contribution in [2.75, 3.05) is 5.32 Å². The Morgan fingerprint density at radius 1 is 1.04 bits per heavy atom. The molecule has 0 atom stereocenters. The van der Waals surface area contributed by atoms with E-state index in [2.05, 4.69) is 34.8 Å². The number of anilines is 1. The summed E-state index contributed by atoms with van der Waals surface area (Å²) in [5.74, 6) is 0.989. The van der Waals surface area contributed by atoms with Gasteiger partial charge >= 0.3 is 0 Å². The molecule has 1 aromatic carbocycles. The highest BCUT2D eigenvalue weighted by Crippen LogP contribution is 2.30. The van der Waals surface area contributed by atoms with Crippen molar-refractivity contribution in [3.8, 4) is 11.3 Å². The normalized spacial score (nSPS) is 11.0. The van der Waals surface area contributed by atoms with Crippen molar-refractivity contribution >= 4 is 11.5 Å². The fourth-order valence-corrected chi connectivity index (χ4v) is 2.80. The van der Waals surface area contributed by atoms with Crippen LogP contribution >= 0.6 is 0 Å². The quantitative estimate of drug-likeness (QED) is 0.603. The summed E-state index contributed by atoms with van der Waals surface area (Å²) < 4.78 is 7.38. The second-order valence-electron chi connectivity index (χ2n) is 5.52. The van der Waals surface area contributed by atoms with Gasteiger partial charge in [0.2, 0.25) is 0 Å². The van der Waals surface area contributed by atoms with Crippen LogP contribution in [0.4, 0.5) is 5.82 Å². The van der Waals surface area contributed by atoms with E-state index in [9.17, 15) is 0 Å². The van der Waals surface area contributed by atoms with Gasteiger partial charge in [-0.15, -0.1) is 0 Å². The maximum atomic E-state index is 5.24. The number of nitrogens with one attached hydrogen (secondary N) is 1. The van der Waals surface area contributed by atoms with Gasteiger partial charge in [-0.3, -0.25) is 4.40 Å². The van der Waals surface area contributed by atoms with Crippen molar-refractivity contribution in [2.24, 2.45) is 0 Å². The van der Waals surface area contributed by atoms with Crippen molar-refractivity contribution in [1.82, 2.24) is 9.38 Å². The van der Waals surface area contributed by atoms with Crippen LogP contribution in [-0.2, 0) is 6.54 Å². The van der Waals surface area contributed by atoms with Crippen LogP contribution in [0.1, 0.15) is 11.3 Å². The van der Waals surface area contributed by atoms with Gasteiger partial charge in [-0.2, -0.15) is 0 Å². The van der Waals surface area contributed by atoms with E-state index in [0.717, 1.165) is 35.0 Å². The molecule has 3 heterocycles. The van der Waals surface area contributed by atoms with Crippen LogP contribution in [0.15, 0.2) is 71.5 Å². The zero-order chi connectivity index (χ0) is 15.6. The molecular weight excluding hydrogens is 286 g/mol. The van der Waals surface area contributed by atoms with E-state index in [1.54, 1.807) is 12.5 Å². The number of nitrogens with zero attached hydrogens (tertiary/aromatic N) is 2. The van der Waals surface area contributed by atoms with Crippen LogP contribution in [0.5, 0.6) is 0 Å². The van der Waals surface area contributed by atoms with Crippen molar-refractivity contribution in [3.63, 3.8) is 0 Å². The summed E-state index contributed by atoms with van der Waals surface area (Å²) in [5, 5.41) is 3.54. The van der Waals surface area contributed by atoms with Gasteiger partial charge in [-0.1, -0.05) is 36.4 Å². The van der Waals surface area contributed by atoms with E-state index in [-0.39, 0.29) is 0 Å². The van der Waals surface area contributed by atoms with E-state index in [1.165, 1.54) is 5.56 Å². The van der Waals surface area contributed by atoms with Gasteiger partial charge in [-0.25, -0.2) is 4.98 Å². The molecule has 114 valence electrons. The fourth-order valence-electron chi connectivity index (χ4n) is 2.80. The Morgan fingerprint density at radius 2 is 1.91 bits per heavy atom. The number of aromatic nitrogens is 2. The number of rotatable bonds is 4. The number of benzene rings is 1. The number of furan rings is 1. The highest BCUT2D eigenvalue weighted by Gasteiger charge is 2.15. The lowest BCUT2D eigenvalue weighted by Crippen LogP contribution is -2.04. The maximum absolute atomic E-state index is 5.24. The third-order valence-corrected chi connectivity index (χ3v) is 3.94. The van der Waals surface area contributed by atoms with Gasteiger partial charge in [0, 0.05) is 17.8 Å². The van der Waals surface area contributed by atoms with E-state index >= 15 is 0 Å². The predicted molar refractivity (Wildman–Crippen MR) is 91.4 cm³/mol. The van der Waals surface area contributed by atoms with Crippen molar-refractivity contribution < 1.29 is 4.42 Å². The van der Waals surface area contributed by atoms with E-state index in [1.807, 2.05) is 36.4 Å². The minimum Gasteiger partial charge on any atom is -0.472 e. The molecule has 4 rings (SSSR count). The van der Waals surface area contributed by atoms with Crippen LogP contribution < -0.4 is 5.32 Å². The number of hydrogen-bond acceptors (Lipinski definition) is 3. The molecule has 0 unspecified atom stereocenters. The zero-order valence-corrected chi connectivity index (χ0v) is 12.9. The first kappa shape index (κ1) is 13.6. The van der Waals surface area contributed by atoms with Crippen molar-refractivity contribution in [1.29, 1.82) is 0 Å². The van der Waals surface area contributed by atoms with E-state index in [4.69, 9.17) is 9.40 Å². The Balaban J connectivity index is 1.81. The first-order chi connectivity index (χ1) is 11.3. The number of aryl methyl sites for hydroxylation is 1. The smallest absolute Gasteiger partial charge is 0.139 e. The highest BCUT2D eigenvalue weighted by molar-refractivity contribution is 5.76. The minimum absolute atomic E-state index is 0.744. The molecule has 0 bridgehead atoms. The summed E-state index contributed by atoms with van der Waals surface area (Å²) in [5.41, 5.74) is 5.18. The summed E-state index contributed by atoms with van der Waals surface area (Å²) in [6.45, 7) is 2.83. The van der Waals surface area contributed by atoms with Gasteiger partial charge in [0.15, 0.2) is 0 Å². The fraction of sp³-hybridized carbons (Fsp3) is 0.105. The third kappa shape index (κ3) is 2.48. The minimum atomic E-state index is 0.744. The van der Waals surface area contributed by atoms with Crippen LogP contribution in [-0.4, -0.2) is 9.38 Å². The Kier molecular flexibility index (Phi) is 3.35. The molecule has 4 aromatic rings. The average molecular weight is 303 g/mol. The first-order valence-electron chi connectivity index (χ1n) is 7.61. The molecule has 0 fully saturated rings. The van der Waals surface area contributed by atoms with Gasteiger partial charge < -0.3 is 9.73 Å². The van der Waals surface area contributed by atoms with E-state index < -0.39 is 0 Å². The lowest BCUT2D eigenvalue weighted by atomic mass is 10.2. The average Bonchev–Trinajstić information content (AvgIpc) is 3.22. The second kappa shape index (κ2) is 5.65. The maximum Gasteiger partial charge on any atom is 0.139 e. The molecule has 0 radical (unpaired) electrons. The first-order valence-corrected chi connectivity index (χ1v) is 7.61. The topological polar surface area (TPSA) is 42.5 Å². The molecule has 0 aliphatic rings. The van der Waals surface area contributed by atoms with Crippen LogP contribution in [0, 0.1) is 6.92 Å². The summed E-state index contributed by atoms with van der Waals surface area (Å²) in [6.07, 6.45) is 3.40. The Bertz CT molecular complexity index is 924. The molecule has 23 heavy (non-hydrogen) atoms. The highest BCUT2D eigenvalue weighted by atomic mass is 16.3. The van der Waals surface area contributed by atoms with Gasteiger partial charge in [0.05, 0.1) is 12.5 Å². The molecule has 4 heteroatoms. The lowest BCUT2D eigenvalue weighted by molar-refractivity contribution is 0.568. The Morgan fingerprint density at radius 3 is 2.70 bits per heavy atom. The largest absolute Gasteiger partial charge is 0.472 e. The predicted octanol–water partition coefficient (Wildman–Crippen LogP) is 4.51. The molecule has 0 aliphatic heterocycles. The molecule has 0 spiro atoms. The van der Waals surface area contributed by atoms with Crippen molar-refractivity contribution in [2.45, 2.75) is 13.5 Å². The number of pyridine rings is 1. The van der Waals surface area contributed by atoms with Crippen LogP contribution in [0.3, 0.4) is 0 Å².